The molecule has 0 atom stereocenters. The van der Waals surface area contributed by atoms with E-state index in [2.05, 4.69) is 6.07 Å². The van der Waals surface area contributed by atoms with Crippen molar-refractivity contribution >= 4 is 0 Å². The van der Waals surface area contributed by atoms with Crippen molar-refractivity contribution in [1.29, 1.82) is 5.26 Å². The van der Waals surface area contributed by atoms with Crippen LogP contribution >= 0.6 is 0 Å². The van der Waals surface area contributed by atoms with Crippen molar-refractivity contribution in [3.05, 3.63) is 29.8 Å². The number of nitrogens with zero attached hydrogens (tertiary/aromatic N) is 1. The van der Waals surface area contributed by atoms with Gasteiger partial charge in [0.25, 0.3) is 0 Å². The van der Waals surface area contributed by atoms with Gasteiger partial charge in [0, 0.05) is 6.07 Å². The average Bonchev–Trinajstić information content (AvgIpc) is 2.29. The van der Waals surface area contributed by atoms with Crippen molar-refractivity contribution in [3.8, 4) is 11.8 Å². The van der Waals surface area contributed by atoms with E-state index in [-0.39, 0.29) is 5.41 Å². The number of ether oxygens (including phenoxy) is 1. The first-order valence-electron chi connectivity index (χ1n) is 5.44. The minimum atomic E-state index is -0.917. The summed E-state index contributed by atoms with van der Waals surface area (Å²) in [6.45, 7) is 4.09. The maximum atomic E-state index is 12.8. The van der Waals surface area contributed by atoms with Gasteiger partial charge < -0.3 is 4.74 Å². The van der Waals surface area contributed by atoms with E-state index < -0.39 is 11.6 Å². The molecule has 1 rings (SSSR count). The Bertz CT molecular complexity index is 424. The van der Waals surface area contributed by atoms with Crippen LogP contribution < -0.4 is 4.74 Å². The minimum absolute atomic E-state index is 0.304. The molecule has 2 nitrogen and oxygen atoms in total. The van der Waals surface area contributed by atoms with Gasteiger partial charge in [-0.2, -0.15) is 5.26 Å². The molecular formula is C13H15F2NO. The zero-order valence-electron chi connectivity index (χ0n) is 9.96. The largest absolute Gasteiger partial charge is 0.493 e. The van der Waals surface area contributed by atoms with Gasteiger partial charge in [0.2, 0.25) is 0 Å². The molecule has 1 aromatic rings. The summed E-state index contributed by atoms with van der Waals surface area (Å²) < 4.78 is 30.7. The molecule has 0 radical (unpaired) electrons. The van der Waals surface area contributed by atoms with E-state index in [1.165, 1.54) is 6.07 Å². The lowest BCUT2D eigenvalue weighted by molar-refractivity contribution is 0.282. The van der Waals surface area contributed by atoms with E-state index in [4.69, 9.17) is 10.00 Å². The van der Waals surface area contributed by atoms with E-state index >= 15 is 0 Å². The van der Waals surface area contributed by atoms with E-state index in [0.717, 1.165) is 12.1 Å². The highest BCUT2D eigenvalue weighted by atomic mass is 19.2. The molecule has 4 heteroatoms. The first kappa shape index (κ1) is 13.4. The zero-order valence-corrected chi connectivity index (χ0v) is 9.96. The molecule has 0 amide bonds. The SMILES string of the molecule is CC(C)(C#N)CCCOc1ccc(F)c(F)c1. The maximum absolute atomic E-state index is 12.8. The van der Waals surface area contributed by atoms with E-state index in [0.29, 0.717) is 25.2 Å². The molecule has 0 fully saturated rings. The molecule has 17 heavy (non-hydrogen) atoms. The van der Waals surface area contributed by atoms with E-state index in [9.17, 15) is 8.78 Å². The van der Waals surface area contributed by atoms with Gasteiger partial charge in [0.05, 0.1) is 18.1 Å². The van der Waals surface area contributed by atoms with Crippen molar-refractivity contribution < 1.29 is 13.5 Å². The third kappa shape index (κ3) is 4.39. The summed E-state index contributed by atoms with van der Waals surface area (Å²) in [5.41, 5.74) is -0.378. The molecule has 0 bridgehead atoms. The van der Waals surface area contributed by atoms with E-state index in [1.54, 1.807) is 0 Å². The topological polar surface area (TPSA) is 33.0 Å². The highest BCUT2D eigenvalue weighted by Gasteiger charge is 2.15. The second kappa shape index (κ2) is 5.62. The second-order valence-corrected chi connectivity index (χ2v) is 4.52. The standard InChI is InChI=1S/C13H15F2NO/c1-13(2,9-16)6-3-7-17-10-4-5-11(14)12(15)8-10/h4-5,8H,3,6-7H2,1-2H3. The Labute approximate surface area is 99.8 Å². The van der Waals surface area contributed by atoms with Crippen LogP contribution in [0.3, 0.4) is 0 Å². The lowest BCUT2D eigenvalue weighted by Crippen LogP contribution is -2.10. The van der Waals surface area contributed by atoms with Gasteiger partial charge in [-0.25, -0.2) is 8.78 Å². The van der Waals surface area contributed by atoms with Crippen molar-refractivity contribution in [2.24, 2.45) is 5.41 Å². The fraction of sp³-hybridized carbons (Fsp3) is 0.462. The molecule has 0 saturated carbocycles. The first-order valence-corrected chi connectivity index (χ1v) is 5.44. The number of rotatable bonds is 5. The van der Waals surface area contributed by atoms with Gasteiger partial charge in [-0.15, -0.1) is 0 Å². The highest BCUT2D eigenvalue weighted by molar-refractivity contribution is 5.23. The van der Waals surface area contributed by atoms with Crippen LogP contribution in [0, 0.1) is 28.4 Å². The quantitative estimate of drug-likeness (QED) is 0.734. The van der Waals surface area contributed by atoms with Gasteiger partial charge in [-0.3, -0.25) is 0 Å². The van der Waals surface area contributed by atoms with Crippen LogP contribution in [0.25, 0.3) is 0 Å². The summed E-state index contributed by atoms with van der Waals surface area (Å²) >= 11 is 0. The summed E-state index contributed by atoms with van der Waals surface area (Å²) in [6.07, 6.45) is 1.40. The summed E-state index contributed by atoms with van der Waals surface area (Å²) in [5.74, 6) is -1.50. The third-order valence-corrected chi connectivity index (χ3v) is 2.41. The lowest BCUT2D eigenvalue weighted by atomic mass is 9.90. The summed E-state index contributed by atoms with van der Waals surface area (Å²) in [4.78, 5) is 0. The molecule has 0 aliphatic rings. The number of benzene rings is 1. The first-order chi connectivity index (χ1) is 7.94. The number of hydrogen-bond acceptors (Lipinski definition) is 2. The van der Waals surface area contributed by atoms with Crippen LogP contribution in [0.15, 0.2) is 18.2 Å². The number of halogens is 2. The molecular weight excluding hydrogens is 224 g/mol. The van der Waals surface area contributed by atoms with E-state index in [1.807, 2.05) is 13.8 Å². The normalized spacial score (nSPS) is 11.0. The molecule has 0 N–H and O–H groups in total. The molecule has 0 aliphatic heterocycles. The molecule has 92 valence electrons. The van der Waals surface area contributed by atoms with Crippen LogP contribution in [0.2, 0.25) is 0 Å². The van der Waals surface area contributed by atoms with Crippen molar-refractivity contribution in [2.45, 2.75) is 26.7 Å². The molecule has 0 saturated heterocycles. The Morgan fingerprint density at radius 3 is 2.59 bits per heavy atom. The molecule has 1 aromatic carbocycles. The van der Waals surface area contributed by atoms with Gasteiger partial charge >= 0.3 is 0 Å². The summed E-state index contributed by atoms with van der Waals surface area (Å²) in [5, 5.41) is 8.80. The van der Waals surface area contributed by atoms with Gasteiger partial charge in [0.1, 0.15) is 5.75 Å². The Kier molecular flexibility index (Phi) is 4.45. The maximum Gasteiger partial charge on any atom is 0.162 e. The fourth-order valence-corrected chi connectivity index (χ4v) is 1.33. The van der Waals surface area contributed by atoms with Crippen LogP contribution in [0.1, 0.15) is 26.7 Å². The van der Waals surface area contributed by atoms with Crippen LogP contribution in [0.5, 0.6) is 5.75 Å². The fourth-order valence-electron chi connectivity index (χ4n) is 1.33. The Morgan fingerprint density at radius 2 is 2.00 bits per heavy atom. The molecule has 0 aromatic heterocycles. The van der Waals surface area contributed by atoms with Crippen LogP contribution in [-0.2, 0) is 0 Å². The molecule has 0 heterocycles. The van der Waals surface area contributed by atoms with Crippen LogP contribution in [-0.4, -0.2) is 6.61 Å². The Balaban J connectivity index is 2.37. The minimum Gasteiger partial charge on any atom is -0.493 e. The van der Waals surface area contributed by atoms with Gasteiger partial charge in [-0.05, 0) is 38.8 Å². The summed E-state index contributed by atoms with van der Waals surface area (Å²) in [6, 6.07) is 5.62. The number of hydrogen-bond donors (Lipinski definition) is 0. The zero-order chi connectivity index (χ0) is 12.9. The third-order valence-electron chi connectivity index (χ3n) is 2.41. The second-order valence-electron chi connectivity index (χ2n) is 4.52. The van der Waals surface area contributed by atoms with Gasteiger partial charge in [-0.1, -0.05) is 0 Å². The smallest absolute Gasteiger partial charge is 0.162 e. The predicted octanol–water partition coefficient (Wildman–Crippen LogP) is 3.67. The van der Waals surface area contributed by atoms with Crippen molar-refractivity contribution in [3.63, 3.8) is 0 Å². The van der Waals surface area contributed by atoms with Crippen molar-refractivity contribution in [1.82, 2.24) is 0 Å². The Morgan fingerprint density at radius 1 is 1.29 bits per heavy atom. The van der Waals surface area contributed by atoms with Gasteiger partial charge in [0.15, 0.2) is 11.6 Å². The summed E-state index contributed by atoms with van der Waals surface area (Å²) in [7, 11) is 0. The average molecular weight is 239 g/mol. The van der Waals surface area contributed by atoms with Crippen molar-refractivity contribution in [2.75, 3.05) is 6.61 Å². The molecule has 0 spiro atoms. The number of nitriles is 1. The molecule has 0 aliphatic carbocycles. The Hall–Kier alpha value is -1.63. The van der Waals surface area contributed by atoms with Crippen LogP contribution in [0.4, 0.5) is 8.78 Å². The molecule has 0 unspecified atom stereocenters. The highest BCUT2D eigenvalue weighted by Crippen LogP contribution is 2.21. The monoisotopic (exact) mass is 239 g/mol. The lowest BCUT2D eigenvalue weighted by Gasteiger charge is -2.14. The predicted molar refractivity (Wildman–Crippen MR) is 60.5 cm³/mol.